The third-order valence-corrected chi connectivity index (χ3v) is 5.93. The Morgan fingerprint density at radius 1 is 0.690 bits per heavy atom. The molecule has 0 amide bonds. The lowest BCUT2D eigenvalue weighted by molar-refractivity contribution is 0.466. The Morgan fingerprint density at radius 3 is 2.00 bits per heavy atom. The number of hydrogen-bond acceptors (Lipinski definition) is 2. The number of phenols is 2. The van der Waals surface area contributed by atoms with Crippen molar-refractivity contribution in [2.24, 2.45) is 0 Å². The average Bonchev–Trinajstić information content (AvgIpc) is 2.71. The molecule has 0 radical (unpaired) electrons. The molecule has 0 atom stereocenters. The lowest BCUT2D eigenvalue weighted by Crippen LogP contribution is -1.97. The van der Waals surface area contributed by atoms with Gasteiger partial charge >= 0.3 is 0 Å². The van der Waals surface area contributed by atoms with Crippen LogP contribution < -0.4 is 0 Å². The molecule has 0 aliphatic heterocycles. The maximum Gasteiger partial charge on any atom is 0.126 e. The Hall–Kier alpha value is -2.48. The molecule has 2 heteroatoms. The van der Waals surface area contributed by atoms with Gasteiger partial charge in [0.25, 0.3) is 0 Å². The smallest absolute Gasteiger partial charge is 0.126 e. The van der Waals surface area contributed by atoms with E-state index in [2.05, 4.69) is 31.2 Å². The van der Waals surface area contributed by atoms with Crippen molar-refractivity contribution < 1.29 is 10.2 Å². The van der Waals surface area contributed by atoms with E-state index in [0.29, 0.717) is 11.5 Å². The lowest BCUT2D eigenvalue weighted by Gasteiger charge is -2.15. The largest absolute Gasteiger partial charge is 0.507 e. The number of aryl methyl sites for hydroxylation is 3. The summed E-state index contributed by atoms with van der Waals surface area (Å²) in [5.74, 6) is 0.823. The van der Waals surface area contributed by atoms with Crippen molar-refractivity contribution in [3.8, 4) is 11.5 Å². The second kappa shape index (κ2) is 9.82. The van der Waals surface area contributed by atoms with Crippen molar-refractivity contribution in [3.63, 3.8) is 0 Å². The molecule has 29 heavy (non-hydrogen) atoms. The molecule has 0 aliphatic rings. The second-order valence-corrected chi connectivity index (χ2v) is 8.36. The number of hydrogen-bond donors (Lipinski definition) is 2. The molecule has 2 nitrogen and oxygen atoms in total. The number of phenolic OH excluding ortho intramolecular Hbond substituents is 2. The number of fused-ring (bicyclic) bond motifs is 1. The van der Waals surface area contributed by atoms with Gasteiger partial charge in [0.2, 0.25) is 0 Å². The molecular formula is C27H34O2. The zero-order valence-electron chi connectivity index (χ0n) is 18.1. The number of rotatable bonds is 9. The monoisotopic (exact) mass is 390 g/mol. The zero-order chi connectivity index (χ0) is 20.8. The normalized spacial score (nSPS) is 11.3. The molecule has 0 heterocycles. The van der Waals surface area contributed by atoms with Crippen molar-refractivity contribution in [1.29, 1.82) is 0 Å². The van der Waals surface area contributed by atoms with Gasteiger partial charge in [-0.25, -0.2) is 0 Å². The van der Waals surface area contributed by atoms with Crippen LogP contribution in [0.4, 0.5) is 0 Å². The van der Waals surface area contributed by atoms with E-state index in [0.717, 1.165) is 46.7 Å². The number of benzene rings is 3. The van der Waals surface area contributed by atoms with E-state index in [1.165, 1.54) is 43.2 Å². The summed E-state index contributed by atoms with van der Waals surface area (Å²) in [6, 6.07) is 14.5. The fourth-order valence-corrected chi connectivity index (χ4v) is 4.30. The van der Waals surface area contributed by atoms with Crippen LogP contribution in [-0.2, 0) is 12.8 Å². The van der Waals surface area contributed by atoms with Crippen LogP contribution in [-0.4, -0.2) is 10.2 Å². The Morgan fingerprint density at radius 2 is 1.31 bits per heavy atom. The first-order chi connectivity index (χ1) is 14.0. The molecule has 3 aromatic carbocycles. The van der Waals surface area contributed by atoms with Crippen molar-refractivity contribution in [2.45, 2.75) is 72.1 Å². The van der Waals surface area contributed by atoms with Gasteiger partial charge in [-0.3, -0.25) is 0 Å². The summed E-state index contributed by atoms with van der Waals surface area (Å²) < 4.78 is 0. The average molecular weight is 391 g/mol. The van der Waals surface area contributed by atoms with Gasteiger partial charge < -0.3 is 10.2 Å². The SMILES string of the molecule is CCCCCCCCc1cc(Cc2cc(C)c(O)c(C)c2)c2ccccc2c1O. The lowest BCUT2D eigenvalue weighted by atomic mass is 9.92. The van der Waals surface area contributed by atoms with Crippen LogP contribution in [0, 0.1) is 13.8 Å². The molecule has 0 spiro atoms. The number of unbranched alkanes of at least 4 members (excludes halogenated alkanes) is 5. The minimum absolute atomic E-state index is 0.382. The van der Waals surface area contributed by atoms with Crippen molar-refractivity contribution in [1.82, 2.24) is 0 Å². The van der Waals surface area contributed by atoms with Crippen LogP contribution in [0.5, 0.6) is 11.5 Å². The molecule has 0 saturated heterocycles. The first-order valence-corrected chi connectivity index (χ1v) is 11.0. The van der Waals surface area contributed by atoms with E-state index in [9.17, 15) is 10.2 Å². The molecule has 0 bridgehead atoms. The van der Waals surface area contributed by atoms with Gasteiger partial charge in [-0.15, -0.1) is 0 Å². The Balaban J connectivity index is 1.87. The highest BCUT2D eigenvalue weighted by molar-refractivity contribution is 5.92. The molecule has 0 aromatic heterocycles. The van der Waals surface area contributed by atoms with E-state index in [4.69, 9.17) is 0 Å². The van der Waals surface area contributed by atoms with Gasteiger partial charge in [0.1, 0.15) is 11.5 Å². The van der Waals surface area contributed by atoms with E-state index in [1.54, 1.807) is 0 Å². The summed E-state index contributed by atoms with van der Waals surface area (Å²) in [6.45, 7) is 6.14. The van der Waals surface area contributed by atoms with Crippen molar-refractivity contribution in [2.75, 3.05) is 0 Å². The highest BCUT2D eigenvalue weighted by atomic mass is 16.3. The molecule has 3 rings (SSSR count). The highest BCUT2D eigenvalue weighted by Gasteiger charge is 2.13. The molecule has 2 N–H and O–H groups in total. The molecule has 154 valence electrons. The van der Waals surface area contributed by atoms with Gasteiger partial charge in [-0.05, 0) is 66.3 Å². The Labute approximate surface area is 175 Å². The third kappa shape index (κ3) is 5.12. The summed E-state index contributed by atoms with van der Waals surface area (Å²) in [6.07, 6.45) is 9.23. The fraction of sp³-hybridized carbons (Fsp3) is 0.407. The maximum atomic E-state index is 10.9. The minimum atomic E-state index is 0.382. The summed E-state index contributed by atoms with van der Waals surface area (Å²) in [4.78, 5) is 0. The Bertz CT molecular complexity index is 949. The van der Waals surface area contributed by atoms with Gasteiger partial charge in [0.15, 0.2) is 0 Å². The van der Waals surface area contributed by atoms with E-state index >= 15 is 0 Å². The first kappa shape index (κ1) is 21.2. The first-order valence-electron chi connectivity index (χ1n) is 11.0. The van der Waals surface area contributed by atoms with Gasteiger partial charge in [0, 0.05) is 5.39 Å². The molecule has 0 saturated carbocycles. The van der Waals surface area contributed by atoms with E-state index < -0.39 is 0 Å². The topological polar surface area (TPSA) is 40.5 Å². The van der Waals surface area contributed by atoms with E-state index in [-0.39, 0.29) is 0 Å². The summed E-state index contributed by atoms with van der Waals surface area (Å²) in [5, 5.41) is 23.0. The van der Waals surface area contributed by atoms with Crippen molar-refractivity contribution >= 4 is 10.8 Å². The standard InChI is InChI=1S/C27H34O2/c1-4-5-6-7-8-9-12-22-18-23(24-13-10-11-14-25(24)27(22)29)17-21-15-19(2)26(28)20(3)16-21/h10-11,13-16,18,28-29H,4-9,12,17H2,1-3H3. The minimum Gasteiger partial charge on any atom is -0.507 e. The summed E-state index contributed by atoms with van der Waals surface area (Å²) >= 11 is 0. The van der Waals surface area contributed by atoms with Crippen molar-refractivity contribution in [3.05, 3.63) is 70.3 Å². The fourth-order valence-electron chi connectivity index (χ4n) is 4.30. The Kier molecular flexibility index (Phi) is 7.19. The second-order valence-electron chi connectivity index (χ2n) is 8.36. The van der Waals surface area contributed by atoms with E-state index in [1.807, 2.05) is 32.0 Å². The van der Waals surface area contributed by atoms with Crippen LogP contribution >= 0.6 is 0 Å². The molecule has 0 fully saturated rings. The quantitative estimate of drug-likeness (QED) is 0.375. The van der Waals surface area contributed by atoms with Gasteiger partial charge in [-0.2, -0.15) is 0 Å². The van der Waals surface area contributed by atoms with Crippen LogP contribution in [0.15, 0.2) is 42.5 Å². The van der Waals surface area contributed by atoms with Crippen LogP contribution in [0.2, 0.25) is 0 Å². The van der Waals surface area contributed by atoms with Crippen LogP contribution in [0.3, 0.4) is 0 Å². The van der Waals surface area contributed by atoms with Gasteiger partial charge in [-0.1, -0.05) is 81.5 Å². The molecule has 0 aliphatic carbocycles. The third-order valence-electron chi connectivity index (χ3n) is 5.93. The van der Waals surface area contributed by atoms with Gasteiger partial charge in [0.05, 0.1) is 0 Å². The summed E-state index contributed by atoms with van der Waals surface area (Å²) in [5.41, 5.74) is 5.32. The maximum absolute atomic E-state index is 10.9. The van der Waals surface area contributed by atoms with Crippen LogP contribution in [0.25, 0.3) is 10.8 Å². The predicted molar refractivity (Wildman–Crippen MR) is 123 cm³/mol. The molecule has 3 aromatic rings. The van der Waals surface area contributed by atoms with Crippen LogP contribution in [0.1, 0.15) is 73.3 Å². The zero-order valence-corrected chi connectivity index (χ0v) is 18.1. The summed E-state index contributed by atoms with van der Waals surface area (Å²) in [7, 11) is 0. The molecule has 0 unspecified atom stereocenters. The highest BCUT2D eigenvalue weighted by Crippen LogP contribution is 2.34. The number of aromatic hydroxyl groups is 2. The predicted octanol–water partition coefficient (Wildman–Crippen LogP) is 7.36. The molecular weight excluding hydrogens is 356 g/mol.